The molecule has 0 saturated carbocycles. The third-order valence-corrected chi connectivity index (χ3v) is 4.98. The number of carbonyl (C=O) groups excluding carboxylic acids is 1. The fourth-order valence-corrected chi connectivity index (χ4v) is 3.51. The van der Waals surface area contributed by atoms with Gasteiger partial charge in [0.2, 0.25) is 0 Å². The highest BCUT2D eigenvalue weighted by molar-refractivity contribution is 7.99. The number of hydrogen-bond acceptors (Lipinski definition) is 4. The summed E-state index contributed by atoms with van der Waals surface area (Å²) < 4.78 is 0. The second-order valence-electron chi connectivity index (χ2n) is 5.09. The van der Waals surface area contributed by atoms with E-state index in [2.05, 4.69) is 10.3 Å². The zero-order chi connectivity index (χ0) is 16.2. The maximum absolute atomic E-state index is 12.4. The molecule has 4 nitrogen and oxygen atoms in total. The summed E-state index contributed by atoms with van der Waals surface area (Å²) in [4.78, 5) is 18.6. The quantitative estimate of drug-likeness (QED) is 0.877. The lowest BCUT2D eigenvalue weighted by atomic mass is 10.2. The number of carbonyl (C=O) groups is 1. The molecule has 0 unspecified atom stereocenters. The molecule has 3 rings (SSSR count). The SMILES string of the molecule is O=C(c1cnc(Nc2ccc(Cl)cc2)c(Cl)c1)N1CCSCC1. The lowest BCUT2D eigenvalue weighted by Gasteiger charge is -2.26. The first-order chi connectivity index (χ1) is 11.1. The van der Waals surface area contributed by atoms with Gasteiger partial charge >= 0.3 is 0 Å². The van der Waals surface area contributed by atoms with Crippen molar-refractivity contribution in [3.63, 3.8) is 0 Å². The van der Waals surface area contributed by atoms with Gasteiger partial charge in [0.15, 0.2) is 0 Å². The Morgan fingerprint density at radius 3 is 2.52 bits per heavy atom. The summed E-state index contributed by atoms with van der Waals surface area (Å²) in [6.45, 7) is 1.54. The van der Waals surface area contributed by atoms with E-state index in [4.69, 9.17) is 23.2 Å². The maximum Gasteiger partial charge on any atom is 0.255 e. The van der Waals surface area contributed by atoms with Crippen LogP contribution >= 0.6 is 35.0 Å². The molecule has 0 spiro atoms. The van der Waals surface area contributed by atoms with Gasteiger partial charge < -0.3 is 10.2 Å². The molecule has 2 heterocycles. The molecule has 1 fully saturated rings. The topological polar surface area (TPSA) is 45.2 Å². The Morgan fingerprint density at radius 1 is 1.17 bits per heavy atom. The number of benzene rings is 1. The molecule has 1 aromatic carbocycles. The van der Waals surface area contributed by atoms with Crippen LogP contribution in [0.15, 0.2) is 36.5 Å². The van der Waals surface area contributed by atoms with E-state index in [0.717, 1.165) is 30.3 Å². The summed E-state index contributed by atoms with van der Waals surface area (Å²) in [7, 11) is 0. The van der Waals surface area contributed by atoms with E-state index in [9.17, 15) is 4.79 Å². The normalized spacial score (nSPS) is 14.6. The van der Waals surface area contributed by atoms with Crippen molar-refractivity contribution in [3.05, 3.63) is 52.1 Å². The summed E-state index contributed by atoms with van der Waals surface area (Å²) in [6, 6.07) is 8.90. The first-order valence-corrected chi connectivity index (χ1v) is 9.10. The Labute approximate surface area is 149 Å². The molecule has 1 saturated heterocycles. The van der Waals surface area contributed by atoms with Gasteiger partial charge in [-0.05, 0) is 30.3 Å². The van der Waals surface area contributed by atoms with Crippen molar-refractivity contribution >= 4 is 52.4 Å². The van der Waals surface area contributed by atoms with Crippen LogP contribution in [0.1, 0.15) is 10.4 Å². The van der Waals surface area contributed by atoms with Crippen LogP contribution in [-0.2, 0) is 0 Å². The van der Waals surface area contributed by atoms with Gasteiger partial charge in [0.05, 0.1) is 10.6 Å². The molecule has 1 N–H and O–H groups in total. The third kappa shape index (κ3) is 4.10. The minimum absolute atomic E-state index is 0.0160. The first-order valence-electron chi connectivity index (χ1n) is 7.18. The number of thioether (sulfide) groups is 1. The monoisotopic (exact) mass is 367 g/mol. The molecule has 7 heteroatoms. The van der Waals surface area contributed by atoms with Gasteiger partial charge in [-0.3, -0.25) is 4.79 Å². The zero-order valence-electron chi connectivity index (χ0n) is 12.3. The van der Waals surface area contributed by atoms with Gasteiger partial charge in [-0.1, -0.05) is 23.2 Å². The maximum atomic E-state index is 12.4. The Hall–Kier alpha value is -1.43. The Morgan fingerprint density at radius 2 is 1.87 bits per heavy atom. The molecule has 0 aliphatic carbocycles. The van der Waals surface area contributed by atoms with Gasteiger partial charge in [-0.15, -0.1) is 0 Å². The minimum atomic E-state index is -0.0160. The van der Waals surface area contributed by atoms with Crippen LogP contribution in [0.2, 0.25) is 10.0 Å². The lowest BCUT2D eigenvalue weighted by Crippen LogP contribution is -2.37. The molecule has 2 aromatic rings. The van der Waals surface area contributed by atoms with E-state index < -0.39 is 0 Å². The number of rotatable bonds is 3. The molecule has 1 aromatic heterocycles. The number of halogens is 2. The highest BCUT2D eigenvalue weighted by Gasteiger charge is 2.19. The van der Waals surface area contributed by atoms with E-state index in [1.165, 1.54) is 0 Å². The molecule has 0 radical (unpaired) electrons. The number of amides is 1. The molecule has 23 heavy (non-hydrogen) atoms. The average molecular weight is 368 g/mol. The zero-order valence-corrected chi connectivity index (χ0v) is 14.6. The van der Waals surface area contributed by atoms with Crippen LogP contribution in [0, 0.1) is 0 Å². The summed E-state index contributed by atoms with van der Waals surface area (Å²) in [6.07, 6.45) is 1.56. The standard InChI is InChI=1S/C16H15Cl2N3OS/c17-12-1-3-13(4-2-12)20-15-14(18)9-11(10-19-15)16(22)21-5-7-23-8-6-21/h1-4,9-10H,5-8H2,(H,19,20). The predicted molar refractivity (Wildman–Crippen MR) is 97.2 cm³/mol. The fraction of sp³-hybridized carbons (Fsp3) is 0.250. The molecule has 1 aliphatic heterocycles. The number of nitrogens with one attached hydrogen (secondary N) is 1. The molecular formula is C16H15Cl2N3OS. The van der Waals surface area contributed by atoms with Crippen molar-refractivity contribution in [1.82, 2.24) is 9.88 Å². The number of anilines is 2. The van der Waals surface area contributed by atoms with E-state index in [0.29, 0.717) is 21.4 Å². The average Bonchev–Trinajstić information content (AvgIpc) is 2.59. The summed E-state index contributed by atoms with van der Waals surface area (Å²) in [5, 5.41) is 4.19. The van der Waals surface area contributed by atoms with Crippen molar-refractivity contribution < 1.29 is 4.79 Å². The Balaban J connectivity index is 1.74. The number of pyridine rings is 1. The molecule has 0 atom stereocenters. The highest BCUT2D eigenvalue weighted by atomic mass is 35.5. The van der Waals surface area contributed by atoms with E-state index in [1.54, 1.807) is 24.4 Å². The van der Waals surface area contributed by atoms with Crippen LogP contribution in [0.4, 0.5) is 11.5 Å². The third-order valence-electron chi connectivity index (χ3n) is 3.49. The Kier molecular flexibility index (Phi) is 5.30. The second-order valence-corrected chi connectivity index (χ2v) is 7.16. The van der Waals surface area contributed by atoms with Crippen LogP contribution in [0.5, 0.6) is 0 Å². The minimum Gasteiger partial charge on any atom is -0.339 e. The molecule has 1 aliphatic rings. The van der Waals surface area contributed by atoms with Crippen molar-refractivity contribution in [2.75, 3.05) is 29.9 Å². The predicted octanol–water partition coefficient (Wildman–Crippen LogP) is 4.32. The van der Waals surface area contributed by atoms with Gasteiger partial charge in [0.25, 0.3) is 5.91 Å². The van der Waals surface area contributed by atoms with Crippen molar-refractivity contribution in [2.45, 2.75) is 0 Å². The van der Waals surface area contributed by atoms with Crippen molar-refractivity contribution in [3.8, 4) is 0 Å². The van der Waals surface area contributed by atoms with Crippen LogP contribution < -0.4 is 5.32 Å². The van der Waals surface area contributed by atoms with E-state index >= 15 is 0 Å². The van der Waals surface area contributed by atoms with Crippen molar-refractivity contribution in [1.29, 1.82) is 0 Å². The van der Waals surface area contributed by atoms with Gasteiger partial charge in [-0.2, -0.15) is 11.8 Å². The van der Waals surface area contributed by atoms with Crippen LogP contribution in [0.25, 0.3) is 0 Å². The van der Waals surface area contributed by atoms with E-state index in [-0.39, 0.29) is 5.91 Å². The number of hydrogen-bond donors (Lipinski definition) is 1. The molecular weight excluding hydrogens is 353 g/mol. The highest BCUT2D eigenvalue weighted by Crippen LogP contribution is 2.25. The van der Waals surface area contributed by atoms with Crippen LogP contribution in [-0.4, -0.2) is 40.4 Å². The first kappa shape index (κ1) is 16.4. The summed E-state index contributed by atoms with van der Waals surface area (Å²) in [5.41, 5.74) is 1.35. The van der Waals surface area contributed by atoms with Crippen molar-refractivity contribution in [2.24, 2.45) is 0 Å². The number of nitrogens with zero attached hydrogens (tertiary/aromatic N) is 2. The summed E-state index contributed by atoms with van der Waals surface area (Å²) in [5.74, 6) is 2.45. The largest absolute Gasteiger partial charge is 0.339 e. The number of aromatic nitrogens is 1. The Bertz CT molecular complexity index is 703. The second kappa shape index (κ2) is 7.43. The molecule has 120 valence electrons. The van der Waals surface area contributed by atoms with Gasteiger partial charge in [0.1, 0.15) is 5.82 Å². The van der Waals surface area contributed by atoms with Gasteiger partial charge in [0, 0.05) is 41.5 Å². The fourth-order valence-electron chi connectivity index (χ4n) is 2.27. The lowest BCUT2D eigenvalue weighted by molar-refractivity contribution is 0.0772. The van der Waals surface area contributed by atoms with E-state index in [1.807, 2.05) is 28.8 Å². The van der Waals surface area contributed by atoms with Gasteiger partial charge in [-0.25, -0.2) is 4.98 Å². The molecule has 1 amide bonds. The summed E-state index contributed by atoms with van der Waals surface area (Å²) >= 11 is 14.0. The van der Waals surface area contributed by atoms with Crippen LogP contribution in [0.3, 0.4) is 0 Å². The smallest absolute Gasteiger partial charge is 0.255 e. The molecule has 0 bridgehead atoms.